The molecule has 4 nitrogen and oxygen atoms in total. The van der Waals surface area contributed by atoms with Crippen LogP contribution in [0.2, 0.25) is 0 Å². The first-order chi connectivity index (χ1) is 9.11. The number of carbonyl (C=O) groups excluding carboxylic acids is 1. The molecule has 1 aromatic carbocycles. The van der Waals surface area contributed by atoms with Gasteiger partial charge < -0.3 is 10.6 Å². The first kappa shape index (κ1) is 13.9. The van der Waals surface area contributed by atoms with Crippen LogP contribution >= 0.6 is 0 Å². The van der Waals surface area contributed by atoms with Crippen LogP contribution in [0.4, 0.5) is 11.4 Å². The van der Waals surface area contributed by atoms with Gasteiger partial charge in [0.1, 0.15) is 0 Å². The average molecular weight is 261 g/mol. The number of hydrogen-bond donors (Lipinski definition) is 1. The second kappa shape index (κ2) is 6.06. The smallest absolute Gasteiger partial charge is 0.240 e. The minimum atomic E-state index is 0.144. The maximum atomic E-state index is 12.3. The number of nitrogens with zero attached hydrogens (tertiary/aromatic N) is 2. The summed E-state index contributed by atoms with van der Waals surface area (Å²) >= 11 is 0. The van der Waals surface area contributed by atoms with Crippen LogP contribution in [0, 0.1) is 0 Å². The summed E-state index contributed by atoms with van der Waals surface area (Å²) in [7, 11) is 1.82. The molecule has 1 fully saturated rings. The number of likely N-dealkylation sites (N-methyl/N-ethyl adjacent to an activating group) is 1. The number of rotatable bonds is 6. The number of nitrogens with two attached hydrogens (primary N) is 1. The first-order valence-corrected chi connectivity index (χ1v) is 6.98. The van der Waals surface area contributed by atoms with Crippen LogP contribution in [-0.4, -0.2) is 37.0 Å². The van der Waals surface area contributed by atoms with Crippen LogP contribution in [-0.2, 0) is 4.79 Å². The number of hydrogen-bond acceptors (Lipinski definition) is 3. The predicted octanol–water partition coefficient (Wildman–Crippen LogP) is 2.11. The van der Waals surface area contributed by atoms with Crippen LogP contribution in [0.1, 0.15) is 26.2 Å². The Morgan fingerprint density at radius 1 is 1.32 bits per heavy atom. The third kappa shape index (κ3) is 3.70. The second-order valence-electron chi connectivity index (χ2n) is 5.25. The Morgan fingerprint density at radius 3 is 2.47 bits per heavy atom. The van der Waals surface area contributed by atoms with Crippen molar-refractivity contribution in [1.29, 1.82) is 0 Å². The molecule has 1 amide bonds. The van der Waals surface area contributed by atoms with Crippen molar-refractivity contribution in [3.63, 3.8) is 0 Å². The molecule has 2 rings (SSSR count). The molecule has 0 unspecified atom stereocenters. The molecule has 1 saturated carbocycles. The Bertz CT molecular complexity index is 426. The zero-order chi connectivity index (χ0) is 13.8. The molecule has 0 saturated heterocycles. The van der Waals surface area contributed by atoms with Gasteiger partial charge in [0.15, 0.2) is 0 Å². The molecule has 0 radical (unpaired) electrons. The summed E-state index contributed by atoms with van der Waals surface area (Å²) in [5, 5.41) is 0. The predicted molar refractivity (Wildman–Crippen MR) is 79.2 cm³/mol. The van der Waals surface area contributed by atoms with Crippen molar-refractivity contribution in [2.24, 2.45) is 0 Å². The summed E-state index contributed by atoms with van der Waals surface area (Å²) in [6.45, 7) is 3.68. The average Bonchev–Trinajstić information content (AvgIpc) is 3.22. The zero-order valence-corrected chi connectivity index (χ0v) is 11.8. The van der Waals surface area contributed by atoms with E-state index in [1.807, 2.05) is 31.3 Å². The molecule has 19 heavy (non-hydrogen) atoms. The van der Waals surface area contributed by atoms with Crippen molar-refractivity contribution in [1.82, 2.24) is 4.90 Å². The van der Waals surface area contributed by atoms with E-state index < -0.39 is 0 Å². The number of anilines is 2. The van der Waals surface area contributed by atoms with Crippen molar-refractivity contribution in [3.05, 3.63) is 24.3 Å². The molecular formula is C15H23N3O. The van der Waals surface area contributed by atoms with E-state index in [1.165, 1.54) is 12.8 Å². The number of amides is 1. The van der Waals surface area contributed by atoms with Crippen LogP contribution in [0.5, 0.6) is 0 Å². The summed E-state index contributed by atoms with van der Waals surface area (Å²) in [5.41, 5.74) is 7.27. The van der Waals surface area contributed by atoms with Crippen molar-refractivity contribution >= 4 is 17.3 Å². The molecule has 0 atom stereocenters. The molecule has 2 N–H and O–H groups in total. The van der Waals surface area contributed by atoms with Crippen molar-refractivity contribution in [3.8, 4) is 0 Å². The summed E-state index contributed by atoms with van der Waals surface area (Å²) in [6, 6.07) is 8.04. The fourth-order valence-corrected chi connectivity index (χ4v) is 2.24. The van der Waals surface area contributed by atoms with E-state index in [-0.39, 0.29) is 5.91 Å². The van der Waals surface area contributed by atoms with Crippen LogP contribution < -0.4 is 10.6 Å². The van der Waals surface area contributed by atoms with E-state index in [4.69, 9.17) is 5.73 Å². The molecule has 0 aromatic heterocycles. The largest absolute Gasteiger partial charge is 0.399 e. The lowest BCUT2D eigenvalue weighted by molar-refractivity contribution is -0.119. The lowest BCUT2D eigenvalue weighted by Gasteiger charge is -2.24. The van der Waals surface area contributed by atoms with Gasteiger partial charge in [-0.15, -0.1) is 0 Å². The summed E-state index contributed by atoms with van der Waals surface area (Å²) in [4.78, 5) is 16.3. The number of nitrogen functional groups attached to an aromatic ring is 1. The highest BCUT2D eigenvalue weighted by Gasteiger charge is 2.30. The molecular weight excluding hydrogens is 238 g/mol. The lowest BCUT2D eigenvalue weighted by Crippen LogP contribution is -2.39. The van der Waals surface area contributed by atoms with Crippen molar-refractivity contribution < 1.29 is 4.79 Å². The normalized spacial score (nSPS) is 14.7. The Kier molecular flexibility index (Phi) is 4.43. The van der Waals surface area contributed by atoms with Gasteiger partial charge in [0.05, 0.1) is 6.54 Å². The zero-order valence-electron chi connectivity index (χ0n) is 11.8. The third-order valence-corrected chi connectivity index (χ3v) is 3.57. The van der Waals surface area contributed by atoms with E-state index in [0.717, 1.165) is 24.3 Å². The van der Waals surface area contributed by atoms with E-state index >= 15 is 0 Å². The third-order valence-electron chi connectivity index (χ3n) is 3.57. The quantitative estimate of drug-likeness (QED) is 0.798. The maximum Gasteiger partial charge on any atom is 0.240 e. The molecule has 0 bridgehead atoms. The summed E-state index contributed by atoms with van der Waals surface area (Å²) < 4.78 is 0. The Labute approximate surface area is 115 Å². The van der Waals surface area contributed by atoms with Crippen LogP contribution in [0.3, 0.4) is 0 Å². The van der Waals surface area contributed by atoms with Gasteiger partial charge in [-0.2, -0.15) is 0 Å². The fourth-order valence-electron chi connectivity index (χ4n) is 2.24. The van der Waals surface area contributed by atoms with Crippen LogP contribution in [0.25, 0.3) is 0 Å². The lowest BCUT2D eigenvalue weighted by atomic mass is 10.2. The highest BCUT2D eigenvalue weighted by atomic mass is 16.2. The van der Waals surface area contributed by atoms with Crippen molar-refractivity contribution in [2.75, 3.05) is 30.8 Å². The van der Waals surface area contributed by atoms with Crippen molar-refractivity contribution in [2.45, 2.75) is 32.2 Å². The van der Waals surface area contributed by atoms with Gasteiger partial charge in [0.2, 0.25) is 5.91 Å². The van der Waals surface area contributed by atoms with Gasteiger partial charge in [0, 0.05) is 24.5 Å². The van der Waals surface area contributed by atoms with Gasteiger partial charge in [-0.3, -0.25) is 9.69 Å². The van der Waals surface area contributed by atoms with Gasteiger partial charge in [-0.25, -0.2) is 0 Å². The molecule has 0 aliphatic heterocycles. The SMILES string of the molecule is CCCN(CC(=O)N(C)c1ccc(N)cc1)C1CC1. The standard InChI is InChI=1S/C15H23N3O/c1-3-10-18(14-8-9-14)11-15(19)17(2)13-6-4-12(16)5-7-13/h4-7,14H,3,8-11,16H2,1-2H3. The monoisotopic (exact) mass is 261 g/mol. The fraction of sp³-hybridized carbons (Fsp3) is 0.533. The molecule has 4 heteroatoms. The van der Waals surface area contributed by atoms with Crippen LogP contribution in [0.15, 0.2) is 24.3 Å². The second-order valence-corrected chi connectivity index (χ2v) is 5.25. The van der Waals surface area contributed by atoms with Gasteiger partial charge in [-0.05, 0) is 50.1 Å². The maximum absolute atomic E-state index is 12.3. The summed E-state index contributed by atoms with van der Waals surface area (Å²) in [5.74, 6) is 0.144. The van der Waals surface area contributed by atoms with E-state index in [9.17, 15) is 4.79 Å². The molecule has 0 heterocycles. The summed E-state index contributed by atoms with van der Waals surface area (Å²) in [6.07, 6.45) is 3.56. The number of carbonyl (C=O) groups is 1. The molecule has 1 aliphatic carbocycles. The van der Waals surface area contributed by atoms with Gasteiger partial charge in [0.25, 0.3) is 0 Å². The van der Waals surface area contributed by atoms with E-state index in [1.54, 1.807) is 4.90 Å². The molecule has 0 spiro atoms. The highest BCUT2D eigenvalue weighted by Crippen LogP contribution is 2.27. The number of benzene rings is 1. The Morgan fingerprint density at radius 2 is 1.95 bits per heavy atom. The Hall–Kier alpha value is -1.55. The van der Waals surface area contributed by atoms with Gasteiger partial charge >= 0.3 is 0 Å². The Balaban J connectivity index is 1.96. The molecule has 1 aliphatic rings. The minimum Gasteiger partial charge on any atom is -0.399 e. The topological polar surface area (TPSA) is 49.6 Å². The highest BCUT2D eigenvalue weighted by molar-refractivity contribution is 5.94. The van der Waals surface area contributed by atoms with E-state index in [0.29, 0.717) is 12.6 Å². The molecule has 104 valence electrons. The minimum absolute atomic E-state index is 0.144. The molecule has 1 aromatic rings. The van der Waals surface area contributed by atoms with E-state index in [2.05, 4.69) is 11.8 Å². The first-order valence-electron chi connectivity index (χ1n) is 6.98. The van der Waals surface area contributed by atoms with Gasteiger partial charge in [-0.1, -0.05) is 6.92 Å².